The van der Waals surface area contributed by atoms with Gasteiger partial charge in [0.05, 0.1) is 34.8 Å². The number of amides is 2. The van der Waals surface area contributed by atoms with E-state index in [9.17, 15) is 9.59 Å². The van der Waals surface area contributed by atoms with Crippen LogP contribution in [0.2, 0.25) is 10.0 Å². The molecule has 1 saturated heterocycles. The van der Waals surface area contributed by atoms with Gasteiger partial charge in [-0.15, -0.1) is 11.8 Å². The first-order valence-electron chi connectivity index (χ1n) is 7.94. The van der Waals surface area contributed by atoms with Crippen LogP contribution in [0.3, 0.4) is 0 Å². The first-order chi connectivity index (χ1) is 12.0. The summed E-state index contributed by atoms with van der Waals surface area (Å²) in [6.07, 6.45) is 1.63. The molecule has 1 N–H and O–H groups in total. The molecule has 0 saturated carbocycles. The van der Waals surface area contributed by atoms with Crippen molar-refractivity contribution in [3.8, 4) is 0 Å². The zero-order valence-electron chi connectivity index (χ0n) is 13.3. The lowest BCUT2D eigenvalue weighted by Crippen LogP contribution is -2.37. The SMILES string of the molecule is O=C1C(SCCO)=C(c2ccc(Cl)cc2Cl)C(=O)N1CC1CCCO1. The summed E-state index contributed by atoms with van der Waals surface area (Å²) in [6.45, 7) is 0.787. The molecule has 0 radical (unpaired) electrons. The summed E-state index contributed by atoms with van der Waals surface area (Å²) in [7, 11) is 0. The fourth-order valence-electron chi connectivity index (χ4n) is 2.92. The number of ether oxygens (including phenoxy) is 1. The molecule has 0 bridgehead atoms. The van der Waals surface area contributed by atoms with E-state index in [4.69, 9.17) is 33.0 Å². The Bertz CT molecular complexity index is 731. The number of rotatable bonds is 6. The highest BCUT2D eigenvalue weighted by Crippen LogP contribution is 2.39. The molecule has 0 spiro atoms. The number of halogens is 2. The Kier molecular flexibility index (Phi) is 6.07. The van der Waals surface area contributed by atoms with Crippen LogP contribution in [0.4, 0.5) is 0 Å². The number of aliphatic hydroxyl groups excluding tert-OH is 1. The van der Waals surface area contributed by atoms with Crippen LogP contribution in [-0.4, -0.2) is 53.4 Å². The molecule has 0 aliphatic carbocycles. The zero-order valence-corrected chi connectivity index (χ0v) is 15.7. The van der Waals surface area contributed by atoms with Crippen LogP contribution in [0.5, 0.6) is 0 Å². The molecular formula is C17H17Cl2NO4S. The average Bonchev–Trinajstić information content (AvgIpc) is 3.16. The van der Waals surface area contributed by atoms with Crippen molar-refractivity contribution in [2.24, 2.45) is 0 Å². The lowest BCUT2D eigenvalue weighted by atomic mass is 10.1. The van der Waals surface area contributed by atoms with Gasteiger partial charge in [-0.05, 0) is 25.0 Å². The van der Waals surface area contributed by atoms with Crippen LogP contribution in [0.25, 0.3) is 5.57 Å². The summed E-state index contributed by atoms with van der Waals surface area (Å²) in [5, 5.41) is 9.87. The highest BCUT2D eigenvalue weighted by Gasteiger charge is 2.41. The number of hydrogen-bond donors (Lipinski definition) is 1. The van der Waals surface area contributed by atoms with Crippen molar-refractivity contribution >= 4 is 52.4 Å². The number of hydrogen-bond acceptors (Lipinski definition) is 5. The predicted molar refractivity (Wildman–Crippen MR) is 98.6 cm³/mol. The average molecular weight is 402 g/mol. The van der Waals surface area contributed by atoms with E-state index in [0.717, 1.165) is 24.6 Å². The van der Waals surface area contributed by atoms with Crippen molar-refractivity contribution in [1.29, 1.82) is 0 Å². The van der Waals surface area contributed by atoms with Crippen molar-refractivity contribution in [3.05, 3.63) is 38.7 Å². The van der Waals surface area contributed by atoms with Gasteiger partial charge in [0.15, 0.2) is 0 Å². The second kappa shape index (κ2) is 8.10. The van der Waals surface area contributed by atoms with E-state index in [1.165, 1.54) is 4.90 Å². The molecule has 2 aliphatic heterocycles. The standard InChI is InChI=1S/C17H17Cl2NO4S/c18-10-3-4-12(13(19)8-10)14-15(25-7-5-21)17(23)20(16(14)22)9-11-2-1-6-24-11/h3-4,8,11,21H,1-2,5-7,9H2. The smallest absolute Gasteiger partial charge is 0.268 e. The van der Waals surface area contributed by atoms with Gasteiger partial charge in [-0.25, -0.2) is 0 Å². The summed E-state index contributed by atoms with van der Waals surface area (Å²) in [4.78, 5) is 27.3. The number of carbonyl (C=O) groups excluding carboxylic acids is 2. The minimum absolute atomic E-state index is 0.0942. The zero-order chi connectivity index (χ0) is 18.0. The quantitative estimate of drug-likeness (QED) is 0.742. The molecule has 25 heavy (non-hydrogen) atoms. The minimum Gasteiger partial charge on any atom is -0.396 e. The van der Waals surface area contributed by atoms with Crippen LogP contribution < -0.4 is 0 Å². The minimum atomic E-state index is -0.384. The number of benzene rings is 1. The number of carbonyl (C=O) groups is 2. The maximum Gasteiger partial charge on any atom is 0.268 e. The molecule has 1 unspecified atom stereocenters. The maximum absolute atomic E-state index is 12.9. The Balaban J connectivity index is 1.96. The molecule has 2 aliphatic rings. The number of aliphatic hydroxyl groups is 1. The van der Waals surface area contributed by atoms with Gasteiger partial charge in [-0.1, -0.05) is 29.3 Å². The second-order valence-corrected chi connectivity index (χ2v) is 7.71. The van der Waals surface area contributed by atoms with Gasteiger partial charge in [-0.2, -0.15) is 0 Å². The largest absolute Gasteiger partial charge is 0.396 e. The van der Waals surface area contributed by atoms with E-state index >= 15 is 0 Å². The molecule has 1 aromatic rings. The summed E-state index contributed by atoms with van der Waals surface area (Å²) in [5.41, 5.74) is 0.739. The monoisotopic (exact) mass is 401 g/mol. The van der Waals surface area contributed by atoms with Crippen molar-refractivity contribution in [2.75, 3.05) is 25.5 Å². The Morgan fingerprint density at radius 2 is 2.08 bits per heavy atom. The maximum atomic E-state index is 12.9. The van der Waals surface area contributed by atoms with Crippen LogP contribution in [0.15, 0.2) is 23.1 Å². The Morgan fingerprint density at radius 3 is 2.72 bits per heavy atom. The second-order valence-electron chi connectivity index (χ2n) is 5.76. The van der Waals surface area contributed by atoms with E-state index in [1.807, 2.05) is 0 Å². The van der Waals surface area contributed by atoms with Crippen LogP contribution in [0.1, 0.15) is 18.4 Å². The molecule has 8 heteroatoms. The van der Waals surface area contributed by atoms with Crippen LogP contribution in [0, 0.1) is 0 Å². The van der Waals surface area contributed by atoms with E-state index in [2.05, 4.69) is 0 Å². The van der Waals surface area contributed by atoms with Crippen molar-refractivity contribution < 1.29 is 19.4 Å². The van der Waals surface area contributed by atoms with Crippen molar-refractivity contribution in [1.82, 2.24) is 4.90 Å². The molecule has 0 aromatic heterocycles. The molecule has 5 nitrogen and oxygen atoms in total. The third-order valence-corrected chi connectivity index (χ3v) is 5.68. The third kappa shape index (κ3) is 3.88. The van der Waals surface area contributed by atoms with Gasteiger partial charge in [0.2, 0.25) is 0 Å². The molecule has 3 rings (SSSR count). The lowest BCUT2D eigenvalue weighted by Gasteiger charge is -2.19. The molecule has 1 aromatic carbocycles. The Morgan fingerprint density at radius 1 is 1.28 bits per heavy atom. The molecule has 1 fully saturated rings. The summed E-state index contributed by atoms with van der Waals surface area (Å²) in [5.74, 6) is -0.429. The molecule has 2 heterocycles. The van der Waals surface area contributed by atoms with Crippen molar-refractivity contribution in [2.45, 2.75) is 18.9 Å². The predicted octanol–water partition coefficient (Wildman–Crippen LogP) is 2.98. The van der Waals surface area contributed by atoms with Gasteiger partial charge in [0, 0.05) is 22.9 Å². The van der Waals surface area contributed by atoms with Crippen LogP contribution >= 0.6 is 35.0 Å². The van der Waals surface area contributed by atoms with Crippen LogP contribution in [-0.2, 0) is 14.3 Å². The van der Waals surface area contributed by atoms with E-state index in [-0.39, 0.29) is 36.6 Å². The Hall–Kier alpha value is -1.05. The number of thioether (sulfide) groups is 1. The molecule has 134 valence electrons. The fraction of sp³-hybridized carbons (Fsp3) is 0.412. The Labute approximate surface area is 159 Å². The topological polar surface area (TPSA) is 66.8 Å². The fourth-order valence-corrected chi connectivity index (χ4v) is 4.30. The van der Waals surface area contributed by atoms with Gasteiger partial charge in [-0.3, -0.25) is 14.5 Å². The van der Waals surface area contributed by atoms with Gasteiger partial charge in [0.1, 0.15) is 0 Å². The highest BCUT2D eigenvalue weighted by molar-refractivity contribution is 8.04. The summed E-state index contributed by atoms with van der Waals surface area (Å²) < 4.78 is 5.55. The number of nitrogens with zero attached hydrogens (tertiary/aromatic N) is 1. The molecule has 2 amide bonds. The number of imide groups is 1. The van der Waals surface area contributed by atoms with Gasteiger partial charge >= 0.3 is 0 Å². The highest BCUT2D eigenvalue weighted by atomic mass is 35.5. The normalized spacial score (nSPS) is 20.9. The first-order valence-corrected chi connectivity index (χ1v) is 9.68. The van der Waals surface area contributed by atoms with E-state index in [0.29, 0.717) is 32.9 Å². The van der Waals surface area contributed by atoms with Crippen molar-refractivity contribution in [3.63, 3.8) is 0 Å². The molecular weight excluding hydrogens is 385 g/mol. The first kappa shape index (κ1) is 18.7. The van der Waals surface area contributed by atoms with Gasteiger partial charge < -0.3 is 9.84 Å². The van der Waals surface area contributed by atoms with E-state index in [1.54, 1.807) is 18.2 Å². The summed E-state index contributed by atoms with van der Waals surface area (Å²) in [6, 6.07) is 4.81. The lowest BCUT2D eigenvalue weighted by molar-refractivity contribution is -0.138. The third-order valence-electron chi connectivity index (χ3n) is 4.07. The van der Waals surface area contributed by atoms with E-state index < -0.39 is 0 Å². The molecule has 1 atom stereocenters. The summed E-state index contributed by atoms with van der Waals surface area (Å²) >= 11 is 13.3. The van der Waals surface area contributed by atoms with Gasteiger partial charge in [0.25, 0.3) is 11.8 Å².